The lowest BCUT2D eigenvalue weighted by Gasteiger charge is -2.42. The summed E-state index contributed by atoms with van der Waals surface area (Å²) in [5, 5.41) is 71.2. The maximum absolute atomic E-state index is 12.4. The molecule has 0 aliphatic carbocycles. The summed E-state index contributed by atoms with van der Waals surface area (Å²) < 4.78 is 33.6. The number of hydrogen-bond donors (Lipinski definition) is 7. The van der Waals surface area contributed by atoms with Crippen LogP contribution in [0.25, 0.3) is 0 Å². The number of carbonyl (C=O) groups excluding carboxylic acids is 1. The molecule has 14 nitrogen and oxygen atoms in total. The van der Waals surface area contributed by atoms with E-state index in [-0.39, 0.29) is 19.6 Å². The lowest BCUT2D eigenvalue weighted by molar-refractivity contribution is -0.332. The van der Waals surface area contributed by atoms with Crippen LogP contribution in [0.3, 0.4) is 0 Å². The van der Waals surface area contributed by atoms with Crippen LogP contribution in [-0.4, -0.2) is 142 Å². The van der Waals surface area contributed by atoms with Crippen LogP contribution in [-0.2, 0) is 33.2 Å². The molecule has 14 heteroatoms. The molecule has 0 aromatic carbocycles. The molecule has 2 rings (SSSR count). The van der Waals surface area contributed by atoms with E-state index in [2.05, 4.69) is 55.5 Å². The minimum Gasteiger partial charge on any atom is -0.457 e. The topological polar surface area (TPSA) is 214 Å². The zero-order valence-electron chi connectivity index (χ0n) is 32.2. The van der Waals surface area contributed by atoms with E-state index in [4.69, 9.17) is 28.4 Å². The third-order valence-electron chi connectivity index (χ3n) is 9.10. The van der Waals surface area contributed by atoms with Crippen molar-refractivity contribution in [2.75, 3.05) is 33.0 Å². The van der Waals surface area contributed by atoms with Gasteiger partial charge in [0.15, 0.2) is 12.6 Å². The van der Waals surface area contributed by atoms with Crippen LogP contribution in [0.15, 0.2) is 48.6 Å². The molecule has 2 aliphatic heterocycles. The fourth-order valence-corrected chi connectivity index (χ4v) is 5.78. The number of aliphatic hydroxyl groups is 7. The van der Waals surface area contributed by atoms with Crippen molar-refractivity contribution in [3.8, 4) is 0 Å². The van der Waals surface area contributed by atoms with E-state index < -0.39 is 86.7 Å². The third-order valence-corrected chi connectivity index (χ3v) is 9.10. The fraction of sp³-hybridized carbons (Fsp3) is 0.775. The van der Waals surface area contributed by atoms with Crippen LogP contribution < -0.4 is 0 Å². The van der Waals surface area contributed by atoms with Crippen molar-refractivity contribution in [1.82, 2.24) is 0 Å². The normalized spacial score (nSPS) is 29.9. The molecule has 0 saturated carbocycles. The Morgan fingerprint density at radius 2 is 1.19 bits per heavy atom. The Labute approximate surface area is 321 Å². The zero-order chi connectivity index (χ0) is 39.6. The smallest absolute Gasteiger partial charge is 0.306 e. The highest BCUT2D eigenvalue weighted by molar-refractivity contribution is 5.69. The average molecular weight is 773 g/mol. The van der Waals surface area contributed by atoms with Crippen LogP contribution in [0.1, 0.15) is 97.3 Å². The number of aliphatic hydroxyl groups excluding tert-OH is 7. The summed E-state index contributed by atoms with van der Waals surface area (Å²) >= 11 is 0. The van der Waals surface area contributed by atoms with Gasteiger partial charge in [0.05, 0.1) is 26.4 Å². The molecule has 2 fully saturated rings. The first-order valence-electron chi connectivity index (χ1n) is 19.7. The molecule has 0 spiro atoms. The summed E-state index contributed by atoms with van der Waals surface area (Å²) in [6.07, 6.45) is 13.3. The summed E-state index contributed by atoms with van der Waals surface area (Å²) in [6, 6.07) is 0. The van der Waals surface area contributed by atoms with Crippen LogP contribution in [0, 0.1) is 0 Å². The van der Waals surface area contributed by atoms with Crippen molar-refractivity contribution in [2.24, 2.45) is 0 Å². The van der Waals surface area contributed by atoms with Crippen molar-refractivity contribution in [3.05, 3.63) is 48.6 Å². The first-order valence-corrected chi connectivity index (χ1v) is 19.7. The minimum absolute atomic E-state index is 0.0430. The van der Waals surface area contributed by atoms with Crippen LogP contribution >= 0.6 is 0 Å². The van der Waals surface area contributed by atoms with Gasteiger partial charge in [0.2, 0.25) is 0 Å². The number of esters is 1. The fourth-order valence-electron chi connectivity index (χ4n) is 5.78. The van der Waals surface area contributed by atoms with E-state index >= 15 is 0 Å². The number of rotatable bonds is 28. The summed E-state index contributed by atoms with van der Waals surface area (Å²) in [5.74, 6) is -0.423. The van der Waals surface area contributed by atoms with Crippen molar-refractivity contribution in [1.29, 1.82) is 0 Å². The Bertz CT molecular complexity index is 1080. The van der Waals surface area contributed by atoms with Crippen LogP contribution in [0.5, 0.6) is 0 Å². The largest absolute Gasteiger partial charge is 0.457 e. The number of carbonyl (C=O) groups is 1. The SMILES string of the molecule is CC/C=C\C/C=C\C/C=C\C/C=C\CCCCCCCOCC(COC1OC(COC2OC(CO)C(O)C(O)C2O)C(O)C(O)C1O)OC(=O)CCCC. The van der Waals surface area contributed by atoms with Gasteiger partial charge < -0.3 is 64.2 Å². The summed E-state index contributed by atoms with van der Waals surface area (Å²) in [6.45, 7) is 3.22. The molecule has 2 saturated heterocycles. The lowest BCUT2D eigenvalue weighted by Crippen LogP contribution is -2.61. The second kappa shape index (κ2) is 29.2. The zero-order valence-corrected chi connectivity index (χ0v) is 32.2. The van der Waals surface area contributed by atoms with E-state index in [1.54, 1.807) is 0 Å². The summed E-state index contributed by atoms with van der Waals surface area (Å²) in [7, 11) is 0. The highest BCUT2D eigenvalue weighted by Gasteiger charge is 2.47. The maximum Gasteiger partial charge on any atom is 0.306 e. The Morgan fingerprint density at radius 3 is 1.81 bits per heavy atom. The molecular weight excluding hydrogens is 704 g/mol. The molecular formula is C40H68O14. The van der Waals surface area contributed by atoms with E-state index in [0.29, 0.717) is 13.0 Å². The molecule has 0 aromatic rings. The first kappa shape index (κ1) is 48.1. The standard InChI is InChI=1S/C40H68O14/c1-3-5-7-8-9-10-11-12-13-14-15-16-17-18-19-20-21-22-24-49-26-29(52-32(42)23-6-4-2)27-50-39-38(48)36(46)34(44)31(54-39)28-51-40-37(47)35(45)33(43)30(25-41)53-40/h5,7,9-10,12-13,15-16,29-31,33-41,43-48H,3-4,6,8,11,14,17-28H2,1-2H3/b7-5-,10-9-,13-12-,16-15-. The second-order valence-corrected chi connectivity index (χ2v) is 13.7. The predicted octanol–water partition coefficient (Wildman–Crippen LogP) is 2.89. The maximum atomic E-state index is 12.4. The summed E-state index contributed by atoms with van der Waals surface area (Å²) in [5.41, 5.74) is 0. The molecule has 0 bridgehead atoms. The highest BCUT2D eigenvalue weighted by atomic mass is 16.7. The third kappa shape index (κ3) is 18.7. The molecule has 54 heavy (non-hydrogen) atoms. The predicted molar refractivity (Wildman–Crippen MR) is 201 cm³/mol. The molecule has 2 aliphatic rings. The van der Waals surface area contributed by atoms with Crippen molar-refractivity contribution < 1.29 is 69.0 Å². The number of unbranched alkanes of at least 4 members (excludes halogenated alkanes) is 6. The number of hydrogen-bond acceptors (Lipinski definition) is 14. The molecule has 0 radical (unpaired) electrons. The van der Waals surface area contributed by atoms with Gasteiger partial charge >= 0.3 is 5.97 Å². The van der Waals surface area contributed by atoms with Crippen molar-refractivity contribution in [3.63, 3.8) is 0 Å². The molecule has 11 atom stereocenters. The summed E-state index contributed by atoms with van der Waals surface area (Å²) in [4.78, 5) is 12.4. The van der Waals surface area contributed by atoms with Gasteiger partial charge in [-0.2, -0.15) is 0 Å². The molecule has 7 N–H and O–H groups in total. The molecule has 11 unspecified atom stereocenters. The van der Waals surface area contributed by atoms with Crippen molar-refractivity contribution >= 4 is 5.97 Å². The van der Waals surface area contributed by atoms with Gasteiger partial charge in [-0.1, -0.05) is 88.1 Å². The first-order chi connectivity index (χ1) is 26.1. The number of ether oxygens (including phenoxy) is 6. The Balaban J connectivity index is 1.72. The van der Waals surface area contributed by atoms with Crippen molar-refractivity contribution in [2.45, 2.75) is 165 Å². The minimum atomic E-state index is -1.71. The van der Waals surface area contributed by atoms with Crippen LogP contribution in [0.2, 0.25) is 0 Å². The molecule has 312 valence electrons. The number of allylic oxidation sites excluding steroid dienone is 8. The van der Waals surface area contributed by atoms with Crippen LogP contribution in [0.4, 0.5) is 0 Å². The molecule has 0 amide bonds. The van der Waals surface area contributed by atoms with Gasteiger partial charge in [-0.3, -0.25) is 4.79 Å². The average Bonchev–Trinajstić information content (AvgIpc) is 3.17. The quantitative estimate of drug-likeness (QED) is 0.0346. The monoisotopic (exact) mass is 772 g/mol. The van der Waals surface area contributed by atoms with E-state index in [9.17, 15) is 40.5 Å². The van der Waals surface area contributed by atoms with E-state index in [1.165, 1.54) is 0 Å². The Hall–Kier alpha value is -2.05. The highest BCUT2D eigenvalue weighted by Crippen LogP contribution is 2.26. The van der Waals surface area contributed by atoms with E-state index in [1.807, 2.05) is 6.92 Å². The Morgan fingerprint density at radius 1 is 0.630 bits per heavy atom. The van der Waals surface area contributed by atoms with Gasteiger partial charge in [-0.15, -0.1) is 0 Å². The van der Waals surface area contributed by atoms with Gasteiger partial charge in [0.25, 0.3) is 0 Å². The van der Waals surface area contributed by atoms with Gasteiger partial charge in [0.1, 0.15) is 54.9 Å². The lowest BCUT2D eigenvalue weighted by atomic mass is 9.98. The molecule has 2 heterocycles. The Kier molecular flexibility index (Phi) is 26.0. The van der Waals surface area contributed by atoms with Gasteiger partial charge in [-0.05, 0) is 51.4 Å². The van der Waals surface area contributed by atoms with Gasteiger partial charge in [0, 0.05) is 13.0 Å². The van der Waals surface area contributed by atoms with Gasteiger partial charge in [-0.25, -0.2) is 0 Å². The van der Waals surface area contributed by atoms with E-state index in [0.717, 1.165) is 70.6 Å². The molecule has 0 aromatic heterocycles. The second-order valence-electron chi connectivity index (χ2n) is 13.7.